The van der Waals surface area contributed by atoms with Crippen LogP contribution in [-0.4, -0.2) is 27.6 Å². The van der Waals surface area contributed by atoms with Gasteiger partial charge in [-0.05, 0) is 19.3 Å². The molecule has 0 rings (SSSR count). The molecular weight excluding hydrogens is 316 g/mol. The molecule has 0 aromatic carbocycles. The molecule has 0 aliphatic heterocycles. The van der Waals surface area contributed by atoms with Gasteiger partial charge in [0, 0.05) is 0 Å². The Kier molecular flexibility index (Phi) is 17.7. The molecule has 1 unspecified atom stereocenters. The van der Waals surface area contributed by atoms with E-state index in [-0.39, 0.29) is 6.42 Å². The van der Waals surface area contributed by atoms with E-state index in [4.69, 9.17) is 15.3 Å². The first-order valence-electron chi connectivity index (χ1n) is 10.7. The van der Waals surface area contributed by atoms with Crippen molar-refractivity contribution in [3.63, 3.8) is 0 Å². The largest absolute Gasteiger partial charge is 0.481 e. The van der Waals surface area contributed by atoms with E-state index in [0.717, 1.165) is 12.8 Å². The predicted molar refractivity (Wildman–Crippen MR) is 104 cm³/mol. The fourth-order valence-electron chi connectivity index (χ4n) is 3.33. The number of carboxylic acids is 1. The summed E-state index contributed by atoms with van der Waals surface area (Å²) in [5.74, 6) is -1.24. The van der Waals surface area contributed by atoms with Gasteiger partial charge in [0.2, 0.25) is 0 Å². The summed E-state index contributed by atoms with van der Waals surface area (Å²) in [6.45, 7) is 2.26. The van der Waals surface area contributed by atoms with E-state index >= 15 is 0 Å². The number of carbonyl (C=O) groups is 1. The second-order valence-electron chi connectivity index (χ2n) is 7.48. The monoisotopic (exact) mass is 358 g/mol. The molecule has 0 aliphatic carbocycles. The van der Waals surface area contributed by atoms with Gasteiger partial charge in [0.1, 0.15) is 0 Å². The fraction of sp³-hybridized carbons (Fsp3) is 0.952. The molecular formula is C21H42O4. The Labute approximate surface area is 155 Å². The van der Waals surface area contributed by atoms with Crippen LogP contribution in [0, 0.1) is 5.92 Å². The summed E-state index contributed by atoms with van der Waals surface area (Å²) in [5.41, 5.74) is 0. The molecule has 0 fully saturated rings. The van der Waals surface area contributed by atoms with E-state index in [9.17, 15) is 4.79 Å². The zero-order valence-electron chi connectivity index (χ0n) is 16.4. The molecule has 150 valence electrons. The summed E-state index contributed by atoms with van der Waals surface area (Å²) in [7, 11) is 0. The summed E-state index contributed by atoms with van der Waals surface area (Å²) in [6.07, 6.45) is 17.9. The number of carboxylic acid groups (broad SMARTS) is 1. The normalized spacial score (nSPS) is 12.6. The Balaban J connectivity index is 3.33. The lowest BCUT2D eigenvalue weighted by Crippen LogP contribution is -2.16. The molecule has 3 N–H and O–H groups in total. The van der Waals surface area contributed by atoms with Crippen LogP contribution in [0.4, 0.5) is 0 Å². The standard InChI is InChI=1S/C21H42O4/c1-2-3-4-5-6-7-8-9-10-11-12-13-14-15-16-19(21(24)25)17-18-20(22)23/h19-20,22-23H,2-18H2,1H3,(H,24,25). The lowest BCUT2D eigenvalue weighted by molar-refractivity contribution is -0.143. The minimum absolute atomic E-state index is 0.148. The molecule has 0 heterocycles. The van der Waals surface area contributed by atoms with Gasteiger partial charge in [-0.2, -0.15) is 0 Å². The van der Waals surface area contributed by atoms with Crippen LogP contribution in [0.3, 0.4) is 0 Å². The van der Waals surface area contributed by atoms with Gasteiger partial charge in [-0.25, -0.2) is 0 Å². The Morgan fingerprint density at radius 2 is 1.04 bits per heavy atom. The number of aliphatic hydroxyl groups excluding tert-OH is 1. The quantitative estimate of drug-likeness (QED) is 0.206. The Hall–Kier alpha value is -0.610. The van der Waals surface area contributed by atoms with E-state index in [2.05, 4.69) is 6.92 Å². The summed E-state index contributed by atoms with van der Waals surface area (Å²) in [5, 5.41) is 26.8. The number of unbranched alkanes of at least 4 members (excludes halogenated alkanes) is 13. The van der Waals surface area contributed by atoms with Crippen LogP contribution in [-0.2, 0) is 4.79 Å². The SMILES string of the molecule is CCCCCCCCCCCCCCCCC(CCC(O)O)C(=O)O. The third kappa shape index (κ3) is 18.0. The highest BCUT2D eigenvalue weighted by atomic mass is 16.5. The lowest BCUT2D eigenvalue weighted by Gasteiger charge is -2.12. The van der Waals surface area contributed by atoms with Gasteiger partial charge in [0.15, 0.2) is 6.29 Å². The molecule has 0 saturated carbocycles. The van der Waals surface area contributed by atoms with Gasteiger partial charge in [0.05, 0.1) is 5.92 Å². The second-order valence-corrected chi connectivity index (χ2v) is 7.48. The van der Waals surface area contributed by atoms with Gasteiger partial charge >= 0.3 is 5.97 Å². The van der Waals surface area contributed by atoms with E-state index in [1.165, 1.54) is 77.0 Å². The first-order chi connectivity index (χ1) is 12.1. The highest BCUT2D eigenvalue weighted by molar-refractivity contribution is 5.69. The average molecular weight is 359 g/mol. The molecule has 0 spiro atoms. The van der Waals surface area contributed by atoms with Crippen molar-refractivity contribution in [3.8, 4) is 0 Å². The first-order valence-corrected chi connectivity index (χ1v) is 10.7. The van der Waals surface area contributed by atoms with Crippen molar-refractivity contribution < 1.29 is 20.1 Å². The van der Waals surface area contributed by atoms with Crippen molar-refractivity contribution >= 4 is 5.97 Å². The number of hydrogen-bond acceptors (Lipinski definition) is 3. The number of hydrogen-bond donors (Lipinski definition) is 3. The van der Waals surface area contributed by atoms with Gasteiger partial charge in [-0.15, -0.1) is 0 Å². The van der Waals surface area contributed by atoms with Crippen molar-refractivity contribution in [3.05, 3.63) is 0 Å². The van der Waals surface area contributed by atoms with Crippen LogP contribution in [0.1, 0.15) is 116 Å². The van der Waals surface area contributed by atoms with Crippen molar-refractivity contribution in [1.82, 2.24) is 0 Å². The van der Waals surface area contributed by atoms with Crippen LogP contribution in [0.25, 0.3) is 0 Å². The number of aliphatic hydroxyl groups is 2. The van der Waals surface area contributed by atoms with Gasteiger partial charge in [-0.1, -0.05) is 96.8 Å². The molecule has 0 radical (unpaired) electrons. The molecule has 4 nitrogen and oxygen atoms in total. The Morgan fingerprint density at radius 3 is 1.40 bits per heavy atom. The van der Waals surface area contributed by atoms with Crippen LogP contribution >= 0.6 is 0 Å². The van der Waals surface area contributed by atoms with Crippen LogP contribution in [0.5, 0.6) is 0 Å². The Morgan fingerprint density at radius 1 is 0.640 bits per heavy atom. The highest BCUT2D eigenvalue weighted by Crippen LogP contribution is 2.18. The highest BCUT2D eigenvalue weighted by Gasteiger charge is 2.17. The maximum Gasteiger partial charge on any atom is 0.306 e. The van der Waals surface area contributed by atoms with E-state index in [1.807, 2.05) is 0 Å². The maximum atomic E-state index is 11.1. The van der Waals surface area contributed by atoms with E-state index in [0.29, 0.717) is 12.8 Å². The maximum absolute atomic E-state index is 11.1. The van der Waals surface area contributed by atoms with E-state index in [1.54, 1.807) is 0 Å². The third-order valence-corrected chi connectivity index (χ3v) is 5.03. The molecule has 0 aliphatic rings. The van der Waals surface area contributed by atoms with Crippen LogP contribution in [0.2, 0.25) is 0 Å². The number of rotatable bonds is 19. The van der Waals surface area contributed by atoms with Crippen molar-refractivity contribution in [1.29, 1.82) is 0 Å². The molecule has 0 aromatic heterocycles. The number of aliphatic carboxylic acids is 1. The van der Waals surface area contributed by atoms with Gasteiger partial charge in [0.25, 0.3) is 0 Å². The molecule has 1 atom stereocenters. The molecule has 0 saturated heterocycles. The van der Waals surface area contributed by atoms with Gasteiger partial charge in [-0.3, -0.25) is 4.79 Å². The van der Waals surface area contributed by atoms with Crippen LogP contribution in [0.15, 0.2) is 0 Å². The smallest absolute Gasteiger partial charge is 0.306 e. The second kappa shape index (κ2) is 18.2. The van der Waals surface area contributed by atoms with Gasteiger partial charge < -0.3 is 15.3 Å². The van der Waals surface area contributed by atoms with Crippen molar-refractivity contribution in [2.45, 2.75) is 122 Å². The summed E-state index contributed by atoms with van der Waals surface area (Å²) >= 11 is 0. The zero-order valence-corrected chi connectivity index (χ0v) is 16.4. The fourth-order valence-corrected chi connectivity index (χ4v) is 3.33. The summed E-state index contributed by atoms with van der Waals surface area (Å²) < 4.78 is 0. The topological polar surface area (TPSA) is 77.8 Å². The van der Waals surface area contributed by atoms with E-state index < -0.39 is 18.2 Å². The first kappa shape index (κ1) is 24.4. The molecule has 4 heteroatoms. The summed E-state index contributed by atoms with van der Waals surface area (Å²) in [6, 6.07) is 0. The lowest BCUT2D eigenvalue weighted by atomic mass is 9.95. The van der Waals surface area contributed by atoms with Crippen molar-refractivity contribution in [2.75, 3.05) is 0 Å². The summed E-state index contributed by atoms with van der Waals surface area (Å²) in [4.78, 5) is 11.1. The average Bonchev–Trinajstić information content (AvgIpc) is 2.57. The Bertz CT molecular complexity index is 292. The molecule has 0 bridgehead atoms. The molecule has 0 aromatic rings. The van der Waals surface area contributed by atoms with Crippen LogP contribution < -0.4 is 0 Å². The molecule has 0 amide bonds. The predicted octanol–water partition coefficient (Wildman–Crippen LogP) is 5.65. The minimum atomic E-state index is -1.39. The minimum Gasteiger partial charge on any atom is -0.481 e. The zero-order chi connectivity index (χ0) is 18.8. The molecule has 25 heavy (non-hydrogen) atoms. The van der Waals surface area contributed by atoms with Crippen molar-refractivity contribution in [2.24, 2.45) is 5.92 Å². The third-order valence-electron chi connectivity index (χ3n) is 5.03.